The predicted molar refractivity (Wildman–Crippen MR) is 67.1 cm³/mol. The van der Waals surface area contributed by atoms with E-state index in [1.807, 2.05) is 0 Å². The van der Waals surface area contributed by atoms with Crippen LogP contribution >= 0.6 is 34.4 Å². The molecular weight excluding hydrogens is 278 g/mol. The topological polar surface area (TPSA) is 76.0 Å². The molecule has 0 bridgehead atoms. The van der Waals surface area contributed by atoms with Crippen LogP contribution in [-0.4, -0.2) is 26.3 Å². The molecule has 2 aromatic rings. The average Bonchev–Trinajstić information content (AvgIpc) is 2.89. The van der Waals surface area contributed by atoms with Gasteiger partial charge in [-0.05, 0) is 18.2 Å². The van der Waals surface area contributed by atoms with E-state index in [9.17, 15) is 4.79 Å². The van der Waals surface area contributed by atoms with Crippen LogP contribution < -0.4 is 0 Å². The van der Waals surface area contributed by atoms with Crippen molar-refractivity contribution in [3.05, 3.63) is 16.1 Å². The van der Waals surface area contributed by atoms with E-state index < -0.39 is 5.97 Å². The first-order valence-electron chi connectivity index (χ1n) is 4.88. The molecule has 0 saturated heterocycles. The highest BCUT2D eigenvalue weighted by Crippen LogP contribution is 2.33. The number of nitrogens with zero attached hydrogens (tertiary/aromatic N) is 3. The Kier molecular flexibility index (Phi) is 4.08. The van der Waals surface area contributed by atoms with Crippen molar-refractivity contribution in [1.29, 1.82) is 0 Å². The molecular formula is C9H9N3O2S3. The van der Waals surface area contributed by atoms with E-state index in [4.69, 9.17) is 5.11 Å². The van der Waals surface area contributed by atoms with Gasteiger partial charge in [0.05, 0.1) is 6.20 Å². The fourth-order valence-electron chi connectivity index (χ4n) is 1.07. The van der Waals surface area contributed by atoms with Crippen molar-refractivity contribution in [2.24, 2.45) is 0 Å². The van der Waals surface area contributed by atoms with Crippen LogP contribution in [0.4, 0.5) is 0 Å². The quantitative estimate of drug-likeness (QED) is 0.911. The molecule has 0 aliphatic carbocycles. The lowest BCUT2D eigenvalue weighted by Crippen LogP contribution is -1.89. The van der Waals surface area contributed by atoms with Crippen molar-refractivity contribution in [3.8, 4) is 0 Å². The van der Waals surface area contributed by atoms with Gasteiger partial charge >= 0.3 is 5.97 Å². The summed E-state index contributed by atoms with van der Waals surface area (Å²) in [5, 5.41) is 17.9. The minimum absolute atomic E-state index is 0.241. The molecule has 0 unspecified atom stereocenters. The highest BCUT2D eigenvalue weighted by atomic mass is 32.2. The summed E-state index contributed by atoms with van der Waals surface area (Å²) >= 11 is 4.04. The summed E-state index contributed by atoms with van der Waals surface area (Å²) in [7, 11) is 0. The molecule has 0 saturated carbocycles. The van der Waals surface area contributed by atoms with Gasteiger partial charge < -0.3 is 5.11 Å². The molecule has 0 aromatic carbocycles. The summed E-state index contributed by atoms with van der Waals surface area (Å²) in [5.74, 6) is -0.946. The van der Waals surface area contributed by atoms with Gasteiger partial charge in [-0.3, -0.25) is 0 Å². The lowest BCUT2D eigenvalue weighted by atomic mass is 10.4. The van der Waals surface area contributed by atoms with Gasteiger partial charge in [-0.25, -0.2) is 9.78 Å². The van der Waals surface area contributed by atoms with E-state index in [0.29, 0.717) is 4.34 Å². The van der Waals surface area contributed by atoms with Crippen LogP contribution in [-0.2, 0) is 6.42 Å². The van der Waals surface area contributed by atoms with E-state index in [-0.39, 0.29) is 4.88 Å². The summed E-state index contributed by atoms with van der Waals surface area (Å²) in [4.78, 5) is 15.0. The predicted octanol–water partition coefficient (Wildman–Crippen LogP) is 2.80. The number of thiazole rings is 1. The molecule has 0 amide bonds. The number of aryl methyl sites for hydroxylation is 1. The van der Waals surface area contributed by atoms with E-state index >= 15 is 0 Å². The third kappa shape index (κ3) is 3.24. The molecule has 0 aliphatic heterocycles. The first-order valence-corrected chi connectivity index (χ1v) is 7.33. The first-order chi connectivity index (χ1) is 8.19. The van der Waals surface area contributed by atoms with Crippen LogP contribution in [0.25, 0.3) is 0 Å². The van der Waals surface area contributed by atoms with Crippen LogP contribution in [0.2, 0.25) is 0 Å². The summed E-state index contributed by atoms with van der Waals surface area (Å²) in [5.41, 5.74) is 0. The molecule has 17 heavy (non-hydrogen) atoms. The lowest BCUT2D eigenvalue weighted by molar-refractivity contribution is 0.0702. The zero-order chi connectivity index (χ0) is 12.3. The molecule has 8 heteroatoms. The number of carboxylic acid groups (broad SMARTS) is 1. The van der Waals surface area contributed by atoms with Crippen molar-refractivity contribution in [2.75, 3.05) is 0 Å². The van der Waals surface area contributed by atoms with E-state index in [2.05, 4.69) is 22.1 Å². The van der Waals surface area contributed by atoms with Gasteiger partial charge in [-0.2, -0.15) is 0 Å². The fourth-order valence-corrected chi connectivity index (χ4v) is 4.09. The first kappa shape index (κ1) is 12.5. The Bertz CT molecular complexity index is 523. The maximum absolute atomic E-state index is 10.7. The molecule has 0 aliphatic rings. The average molecular weight is 287 g/mol. The third-order valence-corrected chi connectivity index (χ3v) is 4.88. The van der Waals surface area contributed by atoms with Crippen LogP contribution in [0, 0.1) is 0 Å². The molecule has 2 aromatic heterocycles. The summed E-state index contributed by atoms with van der Waals surface area (Å²) in [6.45, 7) is 2.09. The molecule has 90 valence electrons. The molecule has 0 atom stereocenters. The molecule has 2 rings (SSSR count). The second kappa shape index (κ2) is 5.56. The molecule has 5 nitrogen and oxygen atoms in total. The van der Waals surface area contributed by atoms with Crippen molar-refractivity contribution in [3.63, 3.8) is 0 Å². The fraction of sp³-hybridized carbons (Fsp3) is 0.333. The van der Waals surface area contributed by atoms with Crippen LogP contribution in [0.3, 0.4) is 0 Å². The summed E-state index contributed by atoms with van der Waals surface area (Å²) in [6.07, 6.45) is 3.33. The Balaban J connectivity index is 2.05. The lowest BCUT2D eigenvalue weighted by Gasteiger charge is -1.87. The number of aromatic carboxylic acids is 1. The van der Waals surface area contributed by atoms with Crippen LogP contribution in [0.5, 0.6) is 0 Å². The minimum Gasteiger partial charge on any atom is -0.477 e. The monoisotopic (exact) mass is 287 g/mol. The van der Waals surface area contributed by atoms with E-state index in [0.717, 1.165) is 33.5 Å². The van der Waals surface area contributed by atoms with Gasteiger partial charge in [0.15, 0.2) is 8.68 Å². The number of hydrogen-bond donors (Lipinski definition) is 1. The van der Waals surface area contributed by atoms with Crippen molar-refractivity contribution >= 4 is 40.4 Å². The highest BCUT2D eigenvalue weighted by Gasteiger charge is 2.12. The van der Waals surface area contributed by atoms with Crippen molar-refractivity contribution in [1.82, 2.24) is 15.2 Å². The van der Waals surface area contributed by atoms with Gasteiger partial charge in [0.1, 0.15) is 9.88 Å². The number of rotatable bonds is 5. The number of hydrogen-bond acceptors (Lipinski definition) is 7. The number of aromatic nitrogens is 3. The summed E-state index contributed by atoms with van der Waals surface area (Å²) < 4.78 is 1.49. The molecule has 0 spiro atoms. The Morgan fingerprint density at radius 2 is 2.24 bits per heavy atom. The van der Waals surface area contributed by atoms with Gasteiger partial charge in [0.2, 0.25) is 0 Å². The molecule has 2 heterocycles. The normalized spacial score (nSPS) is 10.6. The van der Waals surface area contributed by atoms with Gasteiger partial charge in [0.25, 0.3) is 0 Å². The smallest absolute Gasteiger partial charge is 0.347 e. The Morgan fingerprint density at radius 1 is 1.41 bits per heavy atom. The maximum Gasteiger partial charge on any atom is 0.347 e. The van der Waals surface area contributed by atoms with E-state index in [1.165, 1.54) is 29.3 Å². The second-order valence-corrected chi connectivity index (χ2v) is 6.70. The number of carboxylic acids is 1. The Hall–Kier alpha value is -0.990. The minimum atomic E-state index is -0.946. The highest BCUT2D eigenvalue weighted by molar-refractivity contribution is 8.02. The Morgan fingerprint density at radius 3 is 2.88 bits per heavy atom. The second-order valence-electron chi connectivity index (χ2n) is 3.11. The van der Waals surface area contributed by atoms with Crippen molar-refractivity contribution in [2.45, 2.75) is 28.4 Å². The standard InChI is InChI=1S/C9H9N3O2S3/c1-2-3-6-11-12-9(16-6)17-8-10-4-5(15-8)7(13)14/h4H,2-3H2,1H3,(H,13,14). The largest absolute Gasteiger partial charge is 0.477 e. The Labute approximate surface area is 110 Å². The molecule has 0 fully saturated rings. The SMILES string of the molecule is CCCc1nnc(Sc2ncc(C(=O)O)s2)s1. The van der Waals surface area contributed by atoms with Crippen molar-refractivity contribution < 1.29 is 9.90 Å². The van der Waals surface area contributed by atoms with E-state index in [1.54, 1.807) is 0 Å². The van der Waals surface area contributed by atoms with Gasteiger partial charge in [-0.1, -0.05) is 18.3 Å². The molecule has 1 N–H and O–H groups in total. The summed E-state index contributed by atoms with van der Waals surface area (Å²) in [6, 6.07) is 0. The zero-order valence-electron chi connectivity index (χ0n) is 8.91. The zero-order valence-corrected chi connectivity index (χ0v) is 11.4. The van der Waals surface area contributed by atoms with Crippen LogP contribution in [0.15, 0.2) is 14.9 Å². The third-order valence-electron chi connectivity index (χ3n) is 1.78. The van der Waals surface area contributed by atoms with Crippen LogP contribution in [0.1, 0.15) is 28.0 Å². The molecule has 0 radical (unpaired) electrons. The van der Waals surface area contributed by atoms with Gasteiger partial charge in [-0.15, -0.1) is 21.5 Å². The number of carbonyl (C=O) groups is 1. The maximum atomic E-state index is 10.7. The van der Waals surface area contributed by atoms with Gasteiger partial charge in [0, 0.05) is 6.42 Å².